The summed E-state index contributed by atoms with van der Waals surface area (Å²) in [7, 11) is 0. The van der Waals surface area contributed by atoms with Gasteiger partial charge in [-0.05, 0) is 26.0 Å². The second kappa shape index (κ2) is 5.65. The van der Waals surface area contributed by atoms with Crippen molar-refractivity contribution >= 4 is 11.0 Å². The largest absolute Gasteiger partial charge is 0.508 e. The van der Waals surface area contributed by atoms with Crippen LogP contribution in [0.2, 0.25) is 0 Å². The molecule has 2 heterocycles. The fourth-order valence-corrected chi connectivity index (χ4v) is 3.32. The van der Waals surface area contributed by atoms with E-state index in [1.807, 2.05) is 0 Å². The first-order valence-electron chi connectivity index (χ1n) is 8.39. The molecule has 7 nitrogen and oxygen atoms in total. The Morgan fingerprint density at radius 1 is 1.07 bits per heavy atom. The van der Waals surface area contributed by atoms with Gasteiger partial charge in [0, 0.05) is 29.7 Å². The summed E-state index contributed by atoms with van der Waals surface area (Å²) in [5, 5.41) is 40.0. The normalized spacial score (nSPS) is 18.1. The van der Waals surface area contributed by atoms with Gasteiger partial charge < -0.3 is 29.6 Å². The first kappa shape index (κ1) is 17.2. The Labute approximate surface area is 153 Å². The van der Waals surface area contributed by atoms with Crippen molar-refractivity contribution in [2.75, 3.05) is 0 Å². The number of hydrogen-bond acceptors (Lipinski definition) is 7. The van der Waals surface area contributed by atoms with Crippen molar-refractivity contribution in [3.63, 3.8) is 0 Å². The summed E-state index contributed by atoms with van der Waals surface area (Å²) < 4.78 is 11.4. The highest BCUT2D eigenvalue weighted by Gasteiger charge is 2.38. The molecule has 140 valence electrons. The second-order valence-corrected chi connectivity index (χ2v) is 7.18. The molecular weight excluding hydrogens is 352 g/mol. The van der Waals surface area contributed by atoms with Gasteiger partial charge in [0.2, 0.25) is 5.43 Å². The molecule has 4 rings (SSSR count). The lowest BCUT2D eigenvalue weighted by Crippen LogP contribution is -2.46. The average Bonchev–Trinajstić information content (AvgIpc) is 2.57. The number of aromatic hydroxyl groups is 3. The van der Waals surface area contributed by atoms with Gasteiger partial charge in [0.25, 0.3) is 0 Å². The molecular formula is C20H18O7. The van der Waals surface area contributed by atoms with Gasteiger partial charge >= 0.3 is 0 Å². The SMILES string of the molecule is CC1(C)Oc2c(-c3coc4cc(O)cc(O)c4c3=O)ccc(O)c2C[C@H]1O. The van der Waals surface area contributed by atoms with Crippen LogP contribution < -0.4 is 10.2 Å². The topological polar surface area (TPSA) is 120 Å². The lowest BCUT2D eigenvalue weighted by molar-refractivity contribution is -0.0412. The predicted molar refractivity (Wildman–Crippen MR) is 97.3 cm³/mol. The Kier molecular flexibility index (Phi) is 3.61. The number of ether oxygens (including phenoxy) is 1. The van der Waals surface area contributed by atoms with E-state index in [1.165, 1.54) is 24.5 Å². The molecule has 7 heteroatoms. The Hall–Kier alpha value is -3.19. The van der Waals surface area contributed by atoms with E-state index in [2.05, 4.69) is 0 Å². The molecule has 0 aliphatic carbocycles. The maximum absolute atomic E-state index is 13.0. The van der Waals surface area contributed by atoms with Crippen molar-refractivity contribution in [3.8, 4) is 34.1 Å². The molecule has 1 atom stereocenters. The van der Waals surface area contributed by atoms with Crippen LogP contribution in [0.15, 0.2) is 39.7 Å². The maximum Gasteiger partial charge on any atom is 0.204 e. The first-order valence-corrected chi connectivity index (χ1v) is 8.39. The number of aliphatic hydroxyl groups excluding tert-OH is 1. The van der Waals surface area contributed by atoms with E-state index in [0.717, 1.165) is 6.07 Å². The van der Waals surface area contributed by atoms with Crippen LogP contribution in [-0.2, 0) is 6.42 Å². The summed E-state index contributed by atoms with van der Waals surface area (Å²) in [5.41, 5.74) is -0.466. The van der Waals surface area contributed by atoms with Crippen LogP contribution in [0, 0.1) is 0 Å². The van der Waals surface area contributed by atoms with Crippen LogP contribution in [0.25, 0.3) is 22.1 Å². The zero-order valence-corrected chi connectivity index (χ0v) is 14.7. The fraction of sp³-hybridized carbons (Fsp3) is 0.250. The molecule has 27 heavy (non-hydrogen) atoms. The van der Waals surface area contributed by atoms with E-state index in [9.17, 15) is 25.2 Å². The van der Waals surface area contributed by atoms with Crippen molar-refractivity contribution in [3.05, 3.63) is 46.3 Å². The first-order chi connectivity index (χ1) is 12.7. The van der Waals surface area contributed by atoms with E-state index < -0.39 is 22.9 Å². The van der Waals surface area contributed by atoms with Gasteiger partial charge in [-0.15, -0.1) is 0 Å². The monoisotopic (exact) mass is 370 g/mol. The van der Waals surface area contributed by atoms with E-state index >= 15 is 0 Å². The zero-order chi connectivity index (χ0) is 19.5. The third-order valence-electron chi connectivity index (χ3n) is 4.93. The molecule has 0 radical (unpaired) electrons. The fourth-order valence-electron chi connectivity index (χ4n) is 3.32. The van der Waals surface area contributed by atoms with Gasteiger partial charge in [-0.1, -0.05) is 0 Å². The van der Waals surface area contributed by atoms with Crippen molar-refractivity contribution in [1.82, 2.24) is 0 Å². The van der Waals surface area contributed by atoms with Crippen LogP contribution in [0.1, 0.15) is 19.4 Å². The van der Waals surface area contributed by atoms with E-state index in [1.54, 1.807) is 13.8 Å². The van der Waals surface area contributed by atoms with Crippen LogP contribution in [0.3, 0.4) is 0 Å². The second-order valence-electron chi connectivity index (χ2n) is 7.18. The highest BCUT2D eigenvalue weighted by Crippen LogP contribution is 2.44. The van der Waals surface area contributed by atoms with Gasteiger partial charge in [0.15, 0.2) is 0 Å². The van der Waals surface area contributed by atoms with Crippen molar-refractivity contribution < 1.29 is 29.6 Å². The molecule has 0 amide bonds. The third-order valence-corrected chi connectivity index (χ3v) is 4.93. The molecule has 0 spiro atoms. The zero-order valence-electron chi connectivity index (χ0n) is 14.7. The average molecular weight is 370 g/mol. The van der Waals surface area contributed by atoms with Crippen molar-refractivity contribution in [2.45, 2.75) is 32.0 Å². The Bertz CT molecular complexity index is 1130. The number of aliphatic hydroxyl groups is 1. The van der Waals surface area contributed by atoms with Crippen LogP contribution in [-0.4, -0.2) is 32.1 Å². The molecule has 0 unspecified atom stereocenters. The van der Waals surface area contributed by atoms with Crippen LogP contribution in [0.5, 0.6) is 23.0 Å². The summed E-state index contributed by atoms with van der Waals surface area (Å²) >= 11 is 0. The lowest BCUT2D eigenvalue weighted by Gasteiger charge is -2.38. The summed E-state index contributed by atoms with van der Waals surface area (Å²) in [6, 6.07) is 5.24. The number of benzene rings is 2. The quantitative estimate of drug-likeness (QED) is 0.520. The van der Waals surface area contributed by atoms with Gasteiger partial charge in [-0.3, -0.25) is 4.79 Å². The Morgan fingerprint density at radius 2 is 1.81 bits per heavy atom. The standard InChI is InChI=1S/C20H18O7/c1-20(2)16(24)7-11-13(22)4-3-10(19(11)27-20)12-8-26-15-6-9(21)5-14(23)17(15)18(12)25/h3-6,8,16,21-24H,7H2,1-2H3/t16-/m1/s1. The smallest absolute Gasteiger partial charge is 0.204 e. The Balaban J connectivity index is 2.00. The van der Waals surface area contributed by atoms with E-state index in [0.29, 0.717) is 11.1 Å². The number of phenolic OH excluding ortho intramolecular Hbond substituents is 3. The lowest BCUT2D eigenvalue weighted by atomic mass is 9.88. The number of hydrogen-bond donors (Lipinski definition) is 4. The van der Waals surface area contributed by atoms with Crippen LogP contribution in [0.4, 0.5) is 0 Å². The third kappa shape index (κ3) is 2.59. The van der Waals surface area contributed by atoms with Gasteiger partial charge in [0.1, 0.15) is 45.8 Å². The van der Waals surface area contributed by atoms with Crippen molar-refractivity contribution in [1.29, 1.82) is 0 Å². The summed E-state index contributed by atoms with van der Waals surface area (Å²) in [5.74, 6) is -0.377. The molecule has 1 aliphatic rings. The predicted octanol–water partition coefficient (Wildman–Crippen LogP) is 2.65. The molecule has 4 N–H and O–H groups in total. The van der Waals surface area contributed by atoms with E-state index in [4.69, 9.17) is 9.15 Å². The maximum atomic E-state index is 13.0. The Morgan fingerprint density at radius 3 is 2.56 bits per heavy atom. The highest BCUT2D eigenvalue weighted by atomic mass is 16.5. The minimum Gasteiger partial charge on any atom is -0.508 e. The van der Waals surface area contributed by atoms with Gasteiger partial charge in [-0.25, -0.2) is 0 Å². The molecule has 1 aromatic heterocycles. The molecule has 3 aromatic rings. The minimum atomic E-state index is -0.916. The highest BCUT2D eigenvalue weighted by molar-refractivity contribution is 5.89. The molecule has 0 fully saturated rings. The number of phenols is 3. The molecule has 0 bridgehead atoms. The van der Waals surface area contributed by atoms with Crippen LogP contribution >= 0.6 is 0 Å². The molecule has 0 saturated carbocycles. The summed E-state index contributed by atoms with van der Waals surface area (Å²) in [6.45, 7) is 3.43. The van der Waals surface area contributed by atoms with E-state index in [-0.39, 0.29) is 40.2 Å². The summed E-state index contributed by atoms with van der Waals surface area (Å²) in [6.07, 6.45) is 0.559. The van der Waals surface area contributed by atoms with Crippen molar-refractivity contribution in [2.24, 2.45) is 0 Å². The molecule has 1 aliphatic heterocycles. The summed E-state index contributed by atoms with van der Waals surface area (Å²) in [4.78, 5) is 13.0. The van der Waals surface area contributed by atoms with Gasteiger partial charge in [-0.2, -0.15) is 0 Å². The number of rotatable bonds is 1. The molecule has 0 saturated heterocycles. The molecule has 2 aromatic carbocycles. The minimum absolute atomic E-state index is 0.0405. The van der Waals surface area contributed by atoms with Gasteiger partial charge in [0.05, 0.1) is 11.7 Å². The number of fused-ring (bicyclic) bond motifs is 2.